The van der Waals surface area contributed by atoms with Crippen LogP contribution in [0.15, 0.2) is 35.9 Å². The number of pyridine rings is 1. The summed E-state index contributed by atoms with van der Waals surface area (Å²) in [6.45, 7) is 4.81. The molecule has 0 bridgehead atoms. The number of nitrogens with zero attached hydrogens (tertiary/aromatic N) is 4. The third-order valence-electron chi connectivity index (χ3n) is 6.43. The largest absolute Gasteiger partial charge is 0.481 e. The van der Waals surface area contributed by atoms with Gasteiger partial charge in [-0.25, -0.2) is 9.37 Å². The van der Waals surface area contributed by atoms with E-state index < -0.39 is 5.67 Å². The molecule has 1 fully saturated rings. The first-order valence-corrected chi connectivity index (χ1v) is 11.4. The van der Waals surface area contributed by atoms with E-state index in [2.05, 4.69) is 20.3 Å². The lowest BCUT2D eigenvalue weighted by Crippen LogP contribution is -2.42. The van der Waals surface area contributed by atoms with Crippen LogP contribution in [-0.2, 0) is 11.3 Å². The Labute approximate surface area is 194 Å². The molecule has 2 aromatic heterocycles. The Morgan fingerprint density at radius 3 is 2.76 bits per heavy atom. The Kier molecular flexibility index (Phi) is 7.09. The number of halogens is 1. The van der Waals surface area contributed by atoms with E-state index in [-0.39, 0.29) is 6.54 Å². The predicted octanol–water partition coefficient (Wildman–Crippen LogP) is 3.57. The molecule has 0 radical (unpaired) electrons. The van der Waals surface area contributed by atoms with Gasteiger partial charge in [-0.3, -0.25) is 10.1 Å². The topological polar surface area (TPSA) is 88.3 Å². The lowest BCUT2D eigenvalue weighted by molar-refractivity contribution is 0.0499. The second-order valence-electron chi connectivity index (χ2n) is 9.00. The SMILES string of the molecule is COc1ncc(NC2=C(C(=N)c3cnn(CC4(F)CCN(C)CC4)c3)CCOCC2)cc1C. The van der Waals surface area contributed by atoms with Gasteiger partial charge in [-0.05, 0) is 44.9 Å². The van der Waals surface area contributed by atoms with Crippen molar-refractivity contribution in [2.75, 3.05) is 45.8 Å². The van der Waals surface area contributed by atoms with Crippen molar-refractivity contribution in [2.45, 2.75) is 44.8 Å². The number of aromatic nitrogens is 3. The fraction of sp³-hybridized carbons (Fsp3) is 0.542. The van der Waals surface area contributed by atoms with E-state index in [0.717, 1.165) is 35.6 Å². The van der Waals surface area contributed by atoms with Gasteiger partial charge >= 0.3 is 0 Å². The first-order valence-electron chi connectivity index (χ1n) is 11.4. The van der Waals surface area contributed by atoms with E-state index in [0.29, 0.717) is 56.1 Å². The Morgan fingerprint density at radius 1 is 1.27 bits per heavy atom. The number of likely N-dealkylation sites (tertiary alicyclic amines) is 1. The maximum atomic E-state index is 15.2. The third-order valence-corrected chi connectivity index (χ3v) is 6.43. The van der Waals surface area contributed by atoms with Crippen LogP contribution in [0.1, 0.15) is 36.8 Å². The highest BCUT2D eigenvalue weighted by Crippen LogP contribution is 2.29. The molecule has 0 amide bonds. The van der Waals surface area contributed by atoms with Gasteiger partial charge in [-0.15, -0.1) is 0 Å². The second-order valence-corrected chi connectivity index (χ2v) is 9.00. The minimum Gasteiger partial charge on any atom is -0.481 e. The van der Waals surface area contributed by atoms with Gasteiger partial charge in [0.05, 0.1) is 50.7 Å². The monoisotopic (exact) mass is 456 g/mol. The van der Waals surface area contributed by atoms with E-state index >= 15 is 4.39 Å². The van der Waals surface area contributed by atoms with Crippen molar-refractivity contribution >= 4 is 11.4 Å². The van der Waals surface area contributed by atoms with E-state index in [4.69, 9.17) is 14.9 Å². The van der Waals surface area contributed by atoms with E-state index in [9.17, 15) is 0 Å². The molecule has 0 unspecified atom stereocenters. The molecule has 33 heavy (non-hydrogen) atoms. The highest BCUT2D eigenvalue weighted by molar-refractivity contribution is 6.11. The van der Waals surface area contributed by atoms with E-state index in [1.54, 1.807) is 30.4 Å². The number of hydrogen-bond donors (Lipinski definition) is 2. The molecule has 0 aromatic carbocycles. The van der Waals surface area contributed by atoms with E-state index in [1.807, 2.05) is 20.0 Å². The maximum absolute atomic E-state index is 15.2. The molecular weight excluding hydrogens is 423 g/mol. The molecule has 2 aliphatic rings. The molecule has 8 nitrogen and oxygen atoms in total. The highest BCUT2D eigenvalue weighted by Gasteiger charge is 2.34. The van der Waals surface area contributed by atoms with E-state index in [1.165, 1.54) is 0 Å². The molecule has 178 valence electrons. The van der Waals surface area contributed by atoms with Crippen LogP contribution >= 0.6 is 0 Å². The quantitative estimate of drug-likeness (QED) is 0.620. The van der Waals surface area contributed by atoms with Gasteiger partial charge in [-0.1, -0.05) is 0 Å². The van der Waals surface area contributed by atoms with Gasteiger partial charge in [0, 0.05) is 42.5 Å². The van der Waals surface area contributed by atoms with Crippen LogP contribution in [0.5, 0.6) is 5.88 Å². The number of alkyl halides is 1. The van der Waals surface area contributed by atoms with Crippen LogP contribution in [0.25, 0.3) is 0 Å². The predicted molar refractivity (Wildman–Crippen MR) is 126 cm³/mol. The normalized spacial score (nSPS) is 19.3. The van der Waals surface area contributed by atoms with Crippen LogP contribution in [0, 0.1) is 12.3 Å². The van der Waals surface area contributed by atoms with Crippen molar-refractivity contribution in [2.24, 2.45) is 0 Å². The minimum atomic E-state index is -1.25. The molecule has 0 saturated carbocycles. The summed E-state index contributed by atoms with van der Waals surface area (Å²) in [5, 5.41) is 16.7. The summed E-state index contributed by atoms with van der Waals surface area (Å²) in [5.41, 5.74) is 3.42. The van der Waals surface area contributed by atoms with Crippen molar-refractivity contribution in [1.82, 2.24) is 19.7 Å². The summed E-state index contributed by atoms with van der Waals surface area (Å²) >= 11 is 0. The summed E-state index contributed by atoms with van der Waals surface area (Å²) < 4.78 is 27.8. The number of methoxy groups -OCH3 is 1. The average molecular weight is 457 g/mol. The Hall–Kier alpha value is -2.78. The van der Waals surface area contributed by atoms with Crippen LogP contribution in [0.3, 0.4) is 0 Å². The molecule has 4 heterocycles. The first kappa shape index (κ1) is 23.4. The summed E-state index contributed by atoms with van der Waals surface area (Å²) in [6, 6.07) is 1.98. The van der Waals surface area contributed by atoms with Crippen molar-refractivity contribution in [3.8, 4) is 5.88 Å². The summed E-state index contributed by atoms with van der Waals surface area (Å²) in [7, 11) is 3.62. The molecule has 0 atom stereocenters. The summed E-state index contributed by atoms with van der Waals surface area (Å²) in [4.78, 5) is 6.49. The number of hydrogen-bond acceptors (Lipinski definition) is 7. The van der Waals surface area contributed by atoms with Gasteiger partial charge in [0.15, 0.2) is 0 Å². The zero-order valence-electron chi connectivity index (χ0n) is 19.7. The number of rotatable bonds is 7. The zero-order chi connectivity index (χ0) is 23.4. The molecule has 2 aromatic rings. The number of nitrogens with one attached hydrogen (secondary N) is 2. The third kappa shape index (κ3) is 5.59. The number of aryl methyl sites for hydroxylation is 1. The first-order chi connectivity index (χ1) is 15.9. The number of anilines is 1. The van der Waals surface area contributed by atoms with Crippen LogP contribution in [0.4, 0.5) is 10.1 Å². The van der Waals surface area contributed by atoms with Crippen molar-refractivity contribution in [3.63, 3.8) is 0 Å². The molecule has 0 spiro atoms. The minimum absolute atomic E-state index is 0.220. The van der Waals surface area contributed by atoms with Crippen molar-refractivity contribution in [3.05, 3.63) is 47.1 Å². The highest BCUT2D eigenvalue weighted by atomic mass is 19.1. The van der Waals surface area contributed by atoms with Gasteiger partial charge in [-0.2, -0.15) is 5.10 Å². The standard InChI is InChI=1S/C24H33FN6O2/c1-17-12-19(14-27-23(17)32-3)29-21-5-11-33-10-4-20(21)22(26)18-13-28-31(15-18)16-24(25)6-8-30(2)9-7-24/h12-15,26,29H,4-11,16H2,1-3H3. The average Bonchev–Trinajstić information content (AvgIpc) is 3.13. The molecule has 4 rings (SSSR count). The lowest BCUT2D eigenvalue weighted by Gasteiger charge is -2.34. The smallest absolute Gasteiger partial charge is 0.216 e. The summed E-state index contributed by atoms with van der Waals surface area (Å²) in [6.07, 6.45) is 7.47. The second kappa shape index (κ2) is 10.0. The summed E-state index contributed by atoms with van der Waals surface area (Å²) in [5.74, 6) is 0.592. The van der Waals surface area contributed by atoms with Crippen LogP contribution < -0.4 is 10.1 Å². The van der Waals surface area contributed by atoms with Crippen LogP contribution in [-0.4, -0.2) is 71.5 Å². The number of piperidine rings is 1. The zero-order valence-corrected chi connectivity index (χ0v) is 19.7. The fourth-order valence-electron chi connectivity index (χ4n) is 4.41. The van der Waals surface area contributed by atoms with Gasteiger partial charge in [0.1, 0.15) is 5.67 Å². The fourth-order valence-corrected chi connectivity index (χ4v) is 4.41. The van der Waals surface area contributed by atoms with Crippen molar-refractivity contribution in [1.29, 1.82) is 5.41 Å². The maximum Gasteiger partial charge on any atom is 0.216 e. The molecule has 9 heteroatoms. The molecule has 2 N–H and O–H groups in total. The molecule has 0 aliphatic carbocycles. The number of ether oxygens (including phenoxy) is 2. The Balaban J connectivity index is 1.53. The van der Waals surface area contributed by atoms with Gasteiger partial charge in [0.25, 0.3) is 0 Å². The molecular formula is C24H33FN6O2. The Bertz CT molecular complexity index is 1030. The van der Waals surface area contributed by atoms with Gasteiger partial charge in [0.2, 0.25) is 5.88 Å². The Morgan fingerprint density at radius 2 is 2.03 bits per heavy atom. The van der Waals surface area contributed by atoms with Crippen molar-refractivity contribution < 1.29 is 13.9 Å². The van der Waals surface area contributed by atoms with Crippen LogP contribution in [0.2, 0.25) is 0 Å². The molecule has 2 aliphatic heterocycles. The molecule has 1 saturated heterocycles. The van der Waals surface area contributed by atoms with Gasteiger partial charge < -0.3 is 19.7 Å². The lowest BCUT2D eigenvalue weighted by atomic mass is 9.93.